The Hall–Kier alpha value is -1.69. The van der Waals surface area contributed by atoms with Gasteiger partial charge in [0.15, 0.2) is 0 Å². The molecule has 86 valence electrons. The fourth-order valence-electron chi connectivity index (χ4n) is 1.39. The van der Waals surface area contributed by atoms with Gasteiger partial charge in [-0.15, -0.1) is 0 Å². The summed E-state index contributed by atoms with van der Waals surface area (Å²) in [5.74, 6) is 0. The maximum absolute atomic E-state index is 11.7. The summed E-state index contributed by atoms with van der Waals surface area (Å²) in [4.78, 5) is 0. The van der Waals surface area contributed by atoms with Gasteiger partial charge in [-0.25, -0.2) is 4.31 Å². The molecule has 16 heavy (non-hydrogen) atoms. The molecule has 0 bridgehead atoms. The Bertz CT molecular complexity index is 496. The van der Waals surface area contributed by atoms with Crippen molar-refractivity contribution in [3.8, 4) is 0 Å². The standard InChI is InChI=1S/C10H12N2O3S/c1-11-9-7-12(16(13,14)15-8-9)10-5-3-2-4-6-10/h2-6,8,11H,7H2,1H3. The van der Waals surface area contributed by atoms with Crippen molar-refractivity contribution in [3.05, 3.63) is 42.3 Å². The third-order valence-corrected chi connectivity index (χ3v) is 3.48. The molecule has 1 aromatic carbocycles. The minimum atomic E-state index is -3.70. The summed E-state index contributed by atoms with van der Waals surface area (Å²) in [6.07, 6.45) is 1.22. The molecule has 6 heteroatoms. The van der Waals surface area contributed by atoms with Crippen LogP contribution in [0.3, 0.4) is 0 Å². The summed E-state index contributed by atoms with van der Waals surface area (Å²) in [5, 5.41) is 2.87. The van der Waals surface area contributed by atoms with E-state index >= 15 is 0 Å². The second kappa shape index (κ2) is 4.05. The number of hydrogen-bond acceptors (Lipinski definition) is 4. The molecule has 0 unspecified atom stereocenters. The minimum absolute atomic E-state index is 0.253. The molecule has 0 atom stereocenters. The van der Waals surface area contributed by atoms with E-state index in [1.807, 2.05) is 6.07 Å². The van der Waals surface area contributed by atoms with Crippen molar-refractivity contribution in [2.24, 2.45) is 0 Å². The summed E-state index contributed by atoms with van der Waals surface area (Å²) in [5.41, 5.74) is 1.29. The van der Waals surface area contributed by atoms with Crippen LogP contribution in [-0.4, -0.2) is 22.0 Å². The SMILES string of the molecule is CNC1=COS(=O)(=O)N(c2ccccc2)C1. The van der Waals surface area contributed by atoms with Crippen LogP contribution in [-0.2, 0) is 14.5 Å². The van der Waals surface area contributed by atoms with Crippen molar-refractivity contribution in [1.29, 1.82) is 0 Å². The zero-order valence-electron chi connectivity index (χ0n) is 8.75. The normalized spacial score (nSPS) is 18.6. The van der Waals surface area contributed by atoms with Gasteiger partial charge >= 0.3 is 10.3 Å². The fraction of sp³-hybridized carbons (Fsp3) is 0.200. The molecule has 2 rings (SSSR count). The average Bonchev–Trinajstić information content (AvgIpc) is 2.30. The smallest absolute Gasteiger partial charge is 0.387 e. The van der Waals surface area contributed by atoms with E-state index in [2.05, 4.69) is 5.32 Å². The van der Waals surface area contributed by atoms with Crippen LogP contribution in [0.15, 0.2) is 42.3 Å². The Kier molecular flexibility index (Phi) is 2.74. The Labute approximate surface area is 94.6 Å². The molecule has 0 aliphatic carbocycles. The molecule has 0 radical (unpaired) electrons. The van der Waals surface area contributed by atoms with Crippen LogP contribution < -0.4 is 9.62 Å². The molecule has 5 nitrogen and oxygen atoms in total. The van der Waals surface area contributed by atoms with Gasteiger partial charge in [0.25, 0.3) is 0 Å². The van der Waals surface area contributed by atoms with Gasteiger partial charge in [-0.05, 0) is 12.1 Å². The van der Waals surface area contributed by atoms with Gasteiger partial charge in [0, 0.05) is 7.05 Å². The molecule has 1 aromatic rings. The lowest BCUT2D eigenvalue weighted by Gasteiger charge is -2.27. The van der Waals surface area contributed by atoms with Gasteiger partial charge < -0.3 is 9.50 Å². The average molecular weight is 240 g/mol. The van der Waals surface area contributed by atoms with E-state index in [-0.39, 0.29) is 6.54 Å². The van der Waals surface area contributed by atoms with Crippen molar-refractivity contribution in [1.82, 2.24) is 5.32 Å². The molecule has 0 aromatic heterocycles. The Morgan fingerprint density at radius 3 is 2.62 bits per heavy atom. The lowest BCUT2D eigenvalue weighted by Crippen LogP contribution is -2.39. The largest absolute Gasteiger partial charge is 0.409 e. The van der Waals surface area contributed by atoms with Crippen LogP contribution >= 0.6 is 0 Å². The van der Waals surface area contributed by atoms with E-state index in [4.69, 9.17) is 4.18 Å². The summed E-state index contributed by atoms with van der Waals surface area (Å²) < 4.78 is 29.3. The quantitative estimate of drug-likeness (QED) is 0.831. The zero-order valence-corrected chi connectivity index (χ0v) is 9.57. The van der Waals surface area contributed by atoms with Crippen molar-refractivity contribution in [2.45, 2.75) is 0 Å². The first-order valence-electron chi connectivity index (χ1n) is 4.76. The van der Waals surface area contributed by atoms with Gasteiger partial charge in [-0.3, -0.25) is 0 Å². The van der Waals surface area contributed by atoms with E-state index in [1.165, 1.54) is 10.6 Å². The molecule has 0 fully saturated rings. The number of benzene rings is 1. The van der Waals surface area contributed by atoms with E-state index in [1.54, 1.807) is 31.3 Å². The second-order valence-electron chi connectivity index (χ2n) is 3.29. The fourth-order valence-corrected chi connectivity index (χ4v) is 2.41. The number of rotatable bonds is 2. The summed E-state index contributed by atoms with van der Waals surface area (Å²) in [6.45, 7) is 0.253. The van der Waals surface area contributed by atoms with Crippen molar-refractivity contribution in [3.63, 3.8) is 0 Å². The van der Waals surface area contributed by atoms with Gasteiger partial charge in [0.05, 0.1) is 17.9 Å². The van der Waals surface area contributed by atoms with Crippen LogP contribution in [0.2, 0.25) is 0 Å². The number of anilines is 1. The molecule has 1 N–H and O–H groups in total. The van der Waals surface area contributed by atoms with Gasteiger partial charge in [0.1, 0.15) is 6.26 Å². The highest BCUT2D eigenvalue weighted by Crippen LogP contribution is 2.22. The maximum atomic E-state index is 11.7. The number of para-hydroxylation sites is 1. The predicted molar refractivity (Wildman–Crippen MR) is 60.9 cm³/mol. The summed E-state index contributed by atoms with van der Waals surface area (Å²) in [6, 6.07) is 8.83. The first-order chi connectivity index (χ1) is 7.63. The monoisotopic (exact) mass is 240 g/mol. The minimum Gasteiger partial charge on any atom is -0.387 e. The topological polar surface area (TPSA) is 58.6 Å². The summed E-state index contributed by atoms with van der Waals surface area (Å²) >= 11 is 0. The van der Waals surface area contributed by atoms with Gasteiger partial charge in [0.2, 0.25) is 0 Å². The lowest BCUT2D eigenvalue weighted by atomic mass is 10.3. The van der Waals surface area contributed by atoms with Crippen LogP contribution in [0.5, 0.6) is 0 Å². The molecule has 0 spiro atoms. The lowest BCUT2D eigenvalue weighted by molar-refractivity contribution is 0.423. The third kappa shape index (κ3) is 1.96. The van der Waals surface area contributed by atoms with Gasteiger partial charge in [-0.2, -0.15) is 8.42 Å². The summed E-state index contributed by atoms with van der Waals surface area (Å²) in [7, 11) is -1.98. The Morgan fingerprint density at radius 2 is 2.00 bits per heavy atom. The molecular weight excluding hydrogens is 228 g/mol. The van der Waals surface area contributed by atoms with E-state index in [0.29, 0.717) is 11.4 Å². The Morgan fingerprint density at radius 1 is 1.31 bits per heavy atom. The highest BCUT2D eigenvalue weighted by atomic mass is 32.2. The van der Waals surface area contributed by atoms with Crippen molar-refractivity contribution in [2.75, 3.05) is 17.9 Å². The molecule has 0 saturated carbocycles. The molecule has 0 amide bonds. The van der Waals surface area contributed by atoms with Gasteiger partial charge in [-0.1, -0.05) is 18.2 Å². The second-order valence-corrected chi connectivity index (χ2v) is 4.78. The number of hydrogen-bond donors (Lipinski definition) is 1. The number of nitrogens with one attached hydrogen (secondary N) is 1. The van der Waals surface area contributed by atoms with Crippen LogP contribution in [0.4, 0.5) is 5.69 Å². The first kappa shape index (κ1) is 10.8. The predicted octanol–water partition coefficient (Wildman–Crippen LogP) is 0.829. The van der Waals surface area contributed by atoms with E-state index < -0.39 is 10.3 Å². The molecule has 0 saturated heterocycles. The Balaban J connectivity index is 2.37. The third-order valence-electron chi connectivity index (χ3n) is 2.26. The van der Waals surface area contributed by atoms with Crippen LogP contribution in [0, 0.1) is 0 Å². The highest BCUT2D eigenvalue weighted by molar-refractivity contribution is 7.88. The van der Waals surface area contributed by atoms with Crippen LogP contribution in [0.1, 0.15) is 0 Å². The molecule has 1 heterocycles. The maximum Gasteiger partial charge on any atom is 0.409 e. The molecular formula is C10H12N2O3S. The van der Waals surface area contributed by atoms with E-state index in [0.717, 1.165) is 0 Å². The van der Waals surface area contributed by atoms with Crippen molar-refractivity contribution >= 4 is 16.0 Å². The zero-order chi connectivity index (χ0) is 11.6. The van der Waals surface area contributed by atoms with Crippen molar-refractivity contribution < 1.29 is 12.6 Å². The molecule has 1 aliphatic heterocycles. The van der Waals surface area contributed by atoms with Crippen LogP contribution in [0.25, 0.3) is 0 Å². The van der Waals surface area contributed by atoms with E-state index in [9.17, 15) is 8.42 Å². The number of nitrogens with zero attached hydrogens (tertiary/aromatic N) is 1. The number of likely N-dealkylation sites (N-methyl/N-ethyl adjacent to an activating group) is 1. The first-order valence-corrected chi connectivity index (χ1v) is 6.13. The highest BCUT2D eigenvalue weighted by Gasteiger charge is 2.28. The molecule has 1 aliphatic rings.